The van der Waals surface area contributed by atoms with Crippen LogP contribution in [-0.4, -0.2) is 70.6 Å². The van der Waals surface area contributed by atoms with E-state index in [-0.39, 0.29) is 39.5 Å². The Morgan fingerprint density at radius 1 is 0.706 bits per heavy atom. The molecule has 2 N–H and O–H groups in total. The lowest BCUT2D eigenvalue weighted by Gasteiger charge is -2.34. The summed E-state index contributed by atoms with van der Waals surface area (Å²) in [5.74, 6) is 0. The Morgan fingerprint density at radius 3 is 1.35 bits per heavy atom. The van der Waals surface area contributed by atoms with Crippen LogP contribution in [0, 0.1) is 0 Å². The van der Waals surface area contributed by atoms with E-state index in [1.807, 2.05) is 74.5 Å². The van der Waals surface area contributed by atoms with Crippen LogP contribution in [0.5, 0.6) is 0 Å². The molecule has 8 nitrogen and oxygen atoms in total. The van der Waals surface area contributed by atoms with E-state index < -0.39 is 24.3 Å². The van der Waals surface area contributed by atoms with Crippen molar-refractivity contribution in [3.63, 3.8) is 0 Å². The molecule has 2 aromatic rings. The zero-order valence-electron chi connectivity index (χ0n) is 20.0. The average Bonchev–Trinajstić information content (AvgIpc) is 2.88. The number of amides is 2. The fourth-order valence-corrected chi connectivity index (χ4v) is 3.56. The topological polar surface area (TPSA) is 99.5 Å². The summed E-state index contributed by atoms with van der Waals surface area (Å²) in [6.45, 7) is 3.75. The molecule has 0 radical (unpaired) electrons. The molecule has 2 aromatic carbocycles. The van der Waals surface area contributed by atoms with E-state index in [2.05, 4.69) is 0 Å². The Bertz CT molecular complexity index is 769. The Labute approximate surface area is 201 Å². The lowest BCUT2D eigenvalue weighted by Crippen LogP contribution is -2.50. The zero-order chi connectivity index (χ0) is 24.8. The van der Waals surface area contributed by atoms with Crippen LogP contribution in [0.25, 0.3) is 0 Å². The Kier molecular flexibility index (Phi) is 11.9. The quantitative estimate of drug-likeness (QED) is 0.460. The maximum Gasteiger partial charge on any atom is 0.410 e. The van der Waals surface area contributed by atoms with Gasteiger partial charge < -0.3 is 29.5 Å². The molecule has 0 bridgehead atoms. The number of ether oxygens (including phenoxy) is 2. The number of hydrogen-bond donors (Lipinski definition) is 2. The van der Waals surface area contributed by atoms with Gasteiger partial charge in [0.15, 0.2) is 0 Å². The van der Waals surface area contributed by atoms with Crippen LogP contribution in [0.1, 0.15) is 37.8 Å². The van der Waals surface area contributed by atoms with Gasteiger partial charge in [-0.25, -0.2) is 9.59 Å². The number of aliphatic hydroxyl groups excluding tert-OH is 2. The summed E-state index contributed by atoms with van der Waals surface area (Å²) in [4.78, 5) is 28.6. The molecule has 0 aliphatic rings. The monoisotopic (exact) mass is 472 g/mol. The van der Waals surface area contributed by atoms with E-state index in [0.717, 1.165) is 11.1 Å². The first-order valence-corrected chi connectivity index (χ1v) is 11.7. The van der Waals surface area contributed by atoms with Gasteiger partial charge in [0, 0.05) is 13.1 Å². The maximum absolute atomic E-state index is 12.9. The van der Waals surface area contributed by atoms with Crippen molar-refractivity contribution in [2.45, 2.75) is 52.0 Å². The smallest absolute Gasteiger partial charge is 0.410 e. The summed E-state index contributed by atoms with van der Waals surface area (Å²) in [6, 6.07) is 17.7. The minimum atomic E-state index is -0.570. The third-order valence-corrected chi connectivity index (χ3v) is 5.71. The first-order valence-electron chi connectivity index (χ1n) is 11.7. The molecular formula is C26H36N2O6. The molecule has 0 saturated carbocycles. The molecule has 0 saturated heterocycles. The van der Waals surface area contributed by atoms with Crippen LogP contribution in [0.2, 0.25) is 0 Å². The van der Waals surface area contributed by atoms with Crippen molar-refractivity contribution in [2.24, 2.45) is 0 Å². The van der Waals surface area contributed by atoms with E-state index >= 15 is 0 Å². The number of carbonyl (C=O) groups is 2. The van der Waals surface area contributed by atoms with Gasteiger partial charge in [-0.05, 0) is 24.0 Å². The van der Waals surface area contributed by atoms with E-state index in [4.69, 9.17) is 9.47 Å². The van der Waals surface area contributed by atoms with Gasteiger partial charge in [-0.15, -0.1) is 0 Å². The number of nitrogens with zero attached hydrogens (tertiary/aromatic N) is 2. The van der Waals surface area contributed by atoms with Gasteiger partial charge >= 0.3 is 12.2 Å². The van der Waals surface area contributed by atoms with Gasteiger partial charge in [-0.3, -0.25) is 0 Å². The molecule has 0 spiro atoms. The molecule has 2 amide bonds. The molecule has 0 heterocycles. The molecule has 0 unspecified atom stereocenters. The highest BCUT2D eigenvalue weighted by atomic mass is 16.6. The molecule has 34 heavy (non-hydrogen) atoms. The highest BCUT2D eigenvalue weighted by Gasteiger charge is 2.28. The SMILES string of the molecule is CC[C@@H](CO)N(CCN(C(=O)OCc1ccccc1)[C@@H](CC)CO)C(=O)OCc1ccccc1. The summed E-state index contributed by atoms with van der Waals surface area (Å²) < 4.78 is 11.0. The Balaban J connectivity index is 2.07. The predicted molar refractivity (Wildman–Crippen MR) is 129 cm³/mol. The fraction of sp³-hybridized carbons (Fsp3) is 0.462. The van der Waals surface area contributed by atoms with Gasteiger partial charge in [0.25, 0.3) is 0 Å². The van der Waals surface area contributed by atoms with E-state index in [0.29, 0.717) is 12.8 Å². The van der Waals surface area contributed by atoms with Gasteiger partial charge in [0.2, 0.25) is 0 Å². The van der Waals surface area contributed by atoms with Gasteiger partial charge in [0.1, 0.15) is 13.2 Å². The second-order valence-corrected chi connectivity index (χ2v) is 7.96. The molecule has 0 aliphatic heterocycles. The molecule has 2 atom stereocenters. The van der Waals surface area contributed by atoms with Gasteiger partial charge in [-0.2, -0.15) is 0 Å². The zero-order valence-corrected chi connectivity index (χ0v) is 20.0. The number of aliphatic hydroxyl groups is 2. The number of benzene rings is 2. The van der Waals surface area contributed by atoms with E-state index in [9.17, 15) is 19.8 Å². The van der Waals surface area contributed by atoms with Crippen LogP contribution in [0.3, 0.4) is 0 Å². The molecular weight excluding hydrogens is 436 g/mol. The first kappa shape index (κ1) is 27.1. The lowest BCUT2D eigenvalue weighted by molar-refractivity contribution is 0.0395. The highest BCUT2D eigenvalue weighted by molar-refractivity contribution is 5.69. The molecule has 0 aromatic heterocycles. The normalized spacial score (nSPS) is 12.5. The van der Waals surface area contributed by atoms with Crippen molar-refractivity contribution in [3.8, 4) is 0 Å². The Hall–Kier alpha value is -3.10. The minimum absolute atomic E-state index is 0.106. The highest BCUT2D eigenvalue weighted by Crippen LogP contribution is 2.13. The predicted octanol–water partition coefficient (Wildman–Crippen LogP) is 3.81. The van der Waals surface area contributed by atoms with Crippen molar-refractivity contribution in [1.82, 2.24) is 9.80 Å². The standard InChI is InChI=1S/C26H36N2O6/c1-3-23(17-29)27(25(31)33-19-21-11-7-5-8-12-21)15-16-28(24(4-2)18-30)26(32)34-20-22-13-9-6-10-14-22/h5-14,23-24,29-30H,3-4,15-20H2,1-2H3/t23-,24-/m0/s1. The largest absolute Gasteiger partial charge is 0.445 e. The minimum Gasteiger partial charge on any atom is -0.445 e. The summed E-state index contributed by atoms with van der Waals surface area (Å²) in [6.07, 6.45) is -0.0991. The average molecular weight is 473 g/mol. The van der Waals surface area contributed by atoms with E-state index in [1.54, 1.807) is 0 Å². The third-order valence-electron chi connectivity index (χ3n) is 5.71. The van der Waals surface area contributed by atoms with Crippen LogP contribution in [0.4, 0.5) is 9.59 Å². The van der Waals surface area contributed by atoms with Gasteiger partial charge in [0.05, 0.1) is 25.3 Å². The van der Waals surface area contributed by atoms with Crippen molar-refractivity contribution in [2.75, 3.05) is 26.3 Å². The molecule has 8 heteroatoms. The first-order chi connectivity index (χ1) is 16.5. The number of hydrogen-bond acceptors (Lipinski definition) is 6. The van der Waals surface area contributed by atoms with Gasteiger partial charge in [-0.1, -0.05) is 74.5 Å². The summed E-state index contributed by atoms with van der Waals surface area (Å²) in [7, 11) is 0. The second-order valence-electron chi connectivity index (χ2n) is 7.96. The fourth-order valence-electron chi connectivity index (χ4n) is 3.56. The Morgan fingerprint density at radius 2 is 1.06 bits per heavy atom. The summed E-state index contributed by atoms with van der Waals surface area (Å²) >= 11 is 0. The van der Waals surface area contributed by atoms with Crippen LogP contribution >= 0.6 is 0 Å². The number of carbonyl (C=O) groups excluding carboxylic acids is 2. The molecule has 0 aliphatic carbocycles. The van der Waals surface area contributed by atoms with Crippen LogP contribution in [-0.2, 0) is 22.7 Å². The number of rotatable bonds is 13. The molecule has 186 valence electrons. The van der Waals surface area contributed by atoms with Crippen molar-refractivity contribution in [3.05, 3.63) is 71.8 Å². The van der Waals surface area contributed by atoms with Crippen LogP contribution < -0.4 is 0 Å². The molecule has 2 rings (SSSR count). The maximum atomic E-state index is 12.9. The summed E-state index contributed by atoms with van der Waals surface area (Å²) in [5, 5.41) is 19.6. The third kappa shape index (κ3) is 8.35. The van der Waals surface area contributed by atoms with Crippen molar-refractivity contribution < 1.29 is 29.3 Å². The molecule has 0 fully saturated rings. The lowest BCUT2D eigenvalue weighted by atomic mass is 10.2. The van der Waals surface area contributed by atoms with Crippen molar-refractivity contribution >= 4 is 12.2 Å². The van der Waals surface area contributed by atoms with E-state index in [1.165, 1.54) is 9.80 Å². The van der Waals surface area contributed by atoms with Crippen molar-refractivity contribution in [1.29, 1.82) is 0 Å². The summed E-state index contributed by atoms with van der Waals surface area (Å²) in [5.41, 5.74) is 1.70. The van der Waals surface area contributed by atoms with Crippen LogP contribution in [0.15, 0.2) is 60.7 Å². The second kappa shape index (κ2) is 14.9.